The number of benzene rings is 3. The highest BCUT2D eigenvalue weighted by Gasteiger charge is 2.48. The molecule has 0 radical (unpaired) electrons. The molecule has 2 atom stereocenters. The fourth-order valence-corrected chi connectivity index (χ4v) is 4.55. The molecule has 0 aliphatic carbocycles. The number of cyclic esters (lactones) is 1. The molecule has 10 heteroatoms. The maximum Gasteiger partial charge on any atom is 0.416 e. The largest absolute Gasteiger partial charge is 0.447 e. The number of carbonyl (C=O) groups is 2. The van der Waals surface area contributed by atoms with Gasteiger partial charge in [0.2, 0.25) is 0 Å². The van der Waals surface area contributed by atoms with Crippen LogP contribution in [0.4, 0.5) is 16.2 Å². The summed E-state index contributed by atoms with van der Waals surface area (Å²) in [6, 6.07) is 21.3. The third-order valence-electron chi connectivity index (χ3n) is 5.97. The zero-order chi connectivity index (χ0) is 24.5. The molecule has 0 bridgehead atoms. The molecule has 0 unspecified atom stereocenters. The van der Waals surface area contributed by atoms with Gasteiger partial charge in [-0.2, -0.15) is 5.10 Å². The molecule has 0 saturated carbocycles. The monoisotopic (exact) mass is 490 g/mol. The number of anilines is 1. The second-order valence-corrected chi connectivity index (χ2v) is 8.49. The summed E-state index contributed by atoms with van der Waals surface area (Å²) in [5.74, 6) is -1.11. The summed E-state index contributed by atoms with van der Waals surface area (Å²) in [7, 11) is 0. The van der Waals surface area contributed by atoms with Crippen LogP contribution in [0.1, 0.15) is 17.0 Å². The lowest BCUT2D eigenvalue weighted by atomic mass is 9.84. The first-order valence-electron chi connectivity index (χ1n) is 10.9. The van der Waals surface area contributed by atoms with Gasteiger partial charge in [-0.25, -0.2) is 9.69 Å². The van der Waals surface area contributed by atoms with Crippen LogP contribution in [-0.2, 0) is 9.53 Å². The van der Waals surface area contributed by atoms with Crippen LogP contribution in [0.3, 0.4) is 0 Å². The van der Waals surface area contributed by atoms with Gasteiger partial charge in [-0.15, -0.1) is 0 Å². The van der Waals surface area contributed by atoms with Crippen LogP contribution in [0.25, 0.3) is 0 Å². The van der Waals surface area contributed by atoms with Crippen molar-refractivity contribution in [3.05, 3.63) is 105 Å². The highest BCUT2D eigenvalue weighted by Crippen LogP contribution is 2.39. The van der Waals surface area contributed by atoms with E-state index in [9.17, 15) is 19.7 Å². The molecule has 176 valence electrons. The van der Waals surface area contributed by atoms with Crippen molar-refractivity contribution < 1.29 is 19.2 Å². The van der Waals surface area contributed by atoms with Gasteiger partial charge in [0, 0.05) is 17.2 Å². The van der Waals surface area contributed by atoms with Crippen LogP contribution in [0.5, 0.6) is 0 Å². The van der Waals surface area contributed by atoms with Gasteiger partial charge in [0.05, 0.1) is 28.8 Å². The summed E-state index contributed by atoms with van der Waals surface area (Å²) in [4.78, 5) is 37.9. The van der Waals surface area contributed by atoms with Gasteiger partial charge in [0.1, 0.15) is 12.6 Å². The number of hydrogen-bond acceptors (Lipinski definition) is 7. The normalized spacial score (nSPS) is 19.5. The molecule has 0 N–H and O–H groups in total. The highest BCUT2D eigenvalue weighted by atomic mass is 35.5. The van der Waals surface area contributed by atoms with Gasteiger partial charge >= 0.3 is 6.09 Å². The summed E-state index contributed by atoms with van der Waals surface area (Å²) in [6.07, 6.45) is -0.707. The minimum atomic E-state index is -0.932. The molecule has 2 aliphatic rings. The summed E-state index contributed by atoms with van der Waals surface area (Å²) in [5.41, 5.74) is 2.47. The predicted molar refractivity (Wildman–Crippen MR) is 130 cm³/mol. The van der Waals surface area contributed by atoms with Crippen molar-refractivity contribution in [2.45, 2.75) is 12.0 Å². The van der Waals surface area contributed by atoms with E-state index >= 15 is 0 Å². The number of carbonyl (C=O) groups excluding carboxylic acids is 2. The Morgan fingerprint density at radius 2 is 1.80 bits per heavy atom. The smallest absolute Gasteiger partial charge is 0.416 e. The minimum absolute atomic E-state index is 0.0705. The van der Waals surface area contributed by atoms with Crippen molar-refractivity contribution in [2.75, 3.05) is 18.2 Å². The first-order chi connectivity index (χ1) is 16.9. The first-order valence-corrected chi connectivity index (χ1v) is 11.2. The number of nitrogens with zero attached hydrogens (tertiary/aromatic N) is 4. The molecule has 2 heterocycles. The van der Waals surface area contributed by atoms with Gasteiger partial charge in [0.25, 0.3) is 11.6 Å². The van der Waals surface area contributed by atoms with E-state index in [1.807, 2.05) is 36.4 Å². The average molecular weight is 491 g/mol. The van der Waals surface area contributed by atoms with E-state index in [-0.39, 0.29) is 18.8 Å². The summed E-state index contributed by atoms with van der Waals surface area (Å²) in [5, 5.41) is 18.2. The Balaban J connectivity index is 1.68. The van der Waals surface area contributed by atoms with Crippen LogP contribution in [-0.4, -0.2) is 46.7 Å². The number of halogens is 1. The molecule has 2 amide bonds. The fraction of sp³-hybridized carbons (Fsp3) is 0.160. The number of nitro benzene ring substituents is 1. The summed E-state index contributed by atoms with van der Waals surface area (Å²) >= 11 is 6.27. The van der Waals surface area contributed by atoms with Gasteiger partial charge in [0.15, 0.2) is 0 Å². The van der Waals surface area contributed by atoms with E-state index in [4.69, 9.17) is 21.4 Å². The van der Waals surface area contributed by atoms with Gasteiger partial charge in [-0.1, -0.05) is 54.1 Å². The van der Waals surface area contributed by atoms with Crippen LogP contribution < -0.4 is 5.01 Å². The lowest BCUT2D eigenvalue weighted by molar-refractivity contribution is -0.384. The van der Waals surface area contributed by atoms with E-state index in [1.165, 1.54) is 12.1 Å². The Kier molecular flexibility index (Phi) is 5.92. The second-order valence-electron chi connectivity index (χ2n) is 8.05. The molecule has 0 aromatic heterocycles. The molecule has 2 aliphatic heterocycles. The van der Waals surface area contributed by atoms with E-state index in [1.54, 1.807) is 35.3 Å². The Labute approximate surface area is 205 Å². The summed E-state index contributed by atoms with van der Waals surface area (Å²) < 4.78 is 5.02. The number of hydrogen-bond donors (Lipinski definition) is 0. The molecule has 9 nitrogen and oxygen atoms in total. The zero-order valence-electron chi connectivity index (χ0n) is 18.3. The molecule has 3 aromatic carbocycles. The Morgan fingerprint density at radius 1 is 1.06 bits per heavy atom. The van der Waals surface area contributed by atoms with Gasteiger partial charge in [-0.3, -0.25) is 19.9 Å². The first kappa shape index (κ1) is 22.5. The fourth-order valence-electron chi connectivity index (χ4n) is 4.36. The number of ether oxygens (including phenoxy) is 1. The molecular formula is C25H19ClN4O5. The number of imide groups is 1. The van der Waals surface area contributed by atoms with Crippen molar-refractivity contribution in [1.82, 2.24) is 4.90 Å². The lowest BCUT2D eigenvalue weighted by Crippen LogP contribution is -2.48. The van der Waals surface area contributed by atoms with Crippen LogP contribution in [0, 0.1) is 10.1 Å². The van der Waals surface area contributed by atoms with E-state index in [2.05, 4.69) is 0 Å². The molecule has 1 fully saturated rings. The van der Waals surface area contributed by atoms with Crippen molar-refractivity contribution in [3.8, 4) is 0 Å². The Hall–Kier alpha value is -4.24. The Bertz CT molecular complexity index is 1330. The molecule has 1 saturated heterocycles. The van der Waals surface area contributed by atoms with Crippen molar-refractivity contribution in [1.29, 1.82) is 0 Å². The standard InChI is InChI=1S/C25H19ClN4O5/c26-18-6-4-5-17(15-18)22-21(16-9-11-20(12-10-16)30(33)34)23(24(31)28-13-14-35-25(28)32)29(27-22)19-7-2-1-3-8-19/h1-12,15,21,23H,13-14H2/t21-,23-/m1/s1. The highest BCUT2D eigenvalue weighted by molar-refractivity contribution is 6.31. The molecule has 5 rings (SSSR count). The van der Waals surface area contributed by atoms with Crippen molar-refractivity contribution in [2.24, 2.45) is 5.10 Å². The van der Waals surface area contributed by atoms with E-state index < -0.39 is 28.9 Å². The quantitative estimate of drug-likeness (QED) is 0.382. The predicted octanol–water partition coefficient (Wildman–Crippen LogP) is 4.60. The van der Waals surface area contributed by atoms with E-state index in [0.717, 1.165) is 4.90 Å². The average Bonchev–Trinajstić information content (AvgIpc) is 3.48. The Morgan fingerprint density at radius 3 is 2.43 bits per heavy atom. The minimum Gasteiger partial charge on any atom is -0.447 e. The molecular weight excluding hydrogens is 472 g/mol. The third-order valence-corrected chi connectivity index (χ3v) is 6.21. The second kappa shape index (κ2) is 9.19. The van der Waals surface area contributed by atoms with E-state index in [0.29, 0.717) is 27.5 Å². The van der Waals surface area contributed by atoms with Gasteiger partial charge in [-0.05, 0) is 35.4 Å². The maximum absolute atomic E-state index is 13.8. The van der Waals surface area contributed by atoms with Crippen molar-refractivity contribution in [3.63, 3.8) is 0 Å². The number of non-ortho nitro benzene ring substituents is 1. The number of amides is 2. The third kappa shape index (κ3) is 4.22. The van der Waals surface area contributed by atoms with Gasteiger partial charge < -0.3 is 4.74 Å². The lowest BCUT2D eigenvalue weighted by Gasteiger charge is -2.29. The maximum atomic E-state index is 13.8. The summed E-state index contributed by atoms with van der Waals surface area (Å²) in [6.45, 7) is 0.253. The molecule has 3 aromatic rings. The SMILES string of the molecule is O=C1OCCN1C(=O)[C@H]1[C@H](c2ccc([N+](=O)[O-])cc2)C(c2cccc(Cl)c2)=NN1c1ccccc1. The number of nitro groups is 1. The number of para-hydroxylation sites is 1. The van der Waals surface area contributed by atoms with Crippen molar-refractivity contribution >= 4 is 40.7 Å². The zero-order valence-corrected chi connectivity index (χ0v) is 19.0. The molecule has 35 heavy (non-hydrogen) atoms. The number of rotatable bonds is 5. The molecule has 0 spiro atoms. The van der Waals surface area contributed by atoms with Crippen LogP contribution in [0.2, 0.25) is 5.02 Å². The van der Waals surface area contributed by atoms with Crippen LogP contribution in [0.15, 0.2) is 84.0 Å². The topological polar surface area (TPSA) is 105 Å². The van der Waals surface area contributed by atoms with Crippen LogP contribution >= 0.6 is 11.6 Å². The number of hydrazone groups is 1.